The van der Waals surface area contributed by atoms with Crippen LogP contribution in [0.1, 0.15) is 117 Å². The average molecular weight is 721 g/mol. The van der Waals surface area contributed by atoms with E-state index in [1.807, 2.05) is 19.0 Å². The van der Waals surface area contributed by atoms with Gasteiger partial charge in [-0.05, 0) is 39.9 Å². The molecule has 0 rings (SSSR count). The first-order valence-electron chi connectivity index (χ1n) is 18.0. The number of hydrogen-bond donors (Lipinski definition) is 2. The second kappa shape index (κ2) is 31.6. The van der Waals surface area contributed by atoms with Gasteiger partial charge < -0.3 is 39.0 Å². The van der Waals surface area contributed by atoms with Gasteiger partial charge in [0.15, 0.2) is 6.10 Å². The molecule has 0 aromatic heterocycles. The fourth-order valence-electron chi connectivity index (χ4n) is 4.56. The molecule has 1 atom stereocenters. The molecule has 0 aliphatic carbocycles. The standard InChI is InChI=1S/C35H64N2O11S/c1-5-7-9-11-13-15-18-32(41)46-28-30(27-45-31(40)17-14-12-10-8-6-2)48-34(43)20-23-37(35(44)49-24-16-21-36(3)4)22-19-33(42)47-29(25-38)26-39/h29-30,38-39H,5-28H2,1-4H3. The van der Waals surface area contributed by atoms with E-state index < -0.39 is 49.3 Å². The Morgan fingerprint density at radius 2 is 1.02 bits per heavy atom. The maximum absolute atomic E-state index is 13.0. The zero-order valence-corrected chi connectivity index (χ0v) is 31.3. The minimum absolute atomic E-state index is 0.0510. The summed E-state index contributed by atoms with van der Waals surface area (Å²) in [7, 11) is 3.86. The van der Waals surface area contributed by atoms with Crippen molar-refractivity contribution in [1.82, 2.24) is 9.80 Å². The monoisotopic (exact) mass is 720 g/mol. The number of aliphatic hydroxyl groups excluding tert-OH is 2. The van der Waals surface area contributed by atoms with Gasteiger partial charge in [-0.3, -0.25) is 24.0 Å². The fraction of sp³-hybridized carbons (Fsp3) is 0.857. The summed E-state index contributed by atoms with van der Waals surface area (Å²) in [5.74, 6) is -1.70. The molecular formula is C35H64N2O11S. The molecule has 2 N–H and O–H groups in total. The predicted molar refractivity (Wildman–Crippen MR) is 189 cm³/mol. The smallest absolute Gasteiger partial charge is 0.308 e. The third kappa shape index (κ3) is 28.0. The Kier molecular flexibility index (Phi) is 30.0. The normalized spacial score (nSPS) is 11.8. The van der Waals surface area contributed by atoms with Crippen molar-refractivity contribution in [2.24, 2.45) is 0 Å². The van der Waals surface area contributed by atoms with Crippen LogP contribution in [0.4, 0.5) is 4.79 Å². The van der Waals surface area contributed by atoms with E-state index in [4.69, 9.17) is 18.9 Å². The number of carbonyl (C=O) groups excluding carboxylic acids is 5. The highest BCUT2D eigenvalue weighted by Crippen LogP contribution is 2.14. The van der Waals surface area contributed by atoms with E-state index in [1.165, 1.54) is 11.3 Å². The van der Waals surface area contributed by atoms with Crippen molar-refractivity contribution < 1.29 is 53.1 Å². The first-order chi connectivity index (χ1) is 23.6. The van der Waals surface area contributed by atoms with Gasteiger partial charge in [0.05, 0.1) is 26.1 Å². The van der Waals surface area contributed by atoms with E-state index >= 15 is 0 Å². The van der Waals surface area contributed by atoms with Crippen molar-refractivity contribution in [3.8, 4) is 0 Å². The Morgan fingerprint density at radius 3 is 1.47 bits per heavy atom. The van der Waals surface area contributed by atoms with Crippen LogP contribution in [0.5, 0.6) is 0 Å². The summed E-state index contributed by atoms with van der Waals surface area (Å²) in [6.07, 6.45) is 9.71. The van der Waals surface area contributed by atoms with Crippen LogP contribution in [0.2, 0.25) is 0 Å². The van der Waals surface area contributed by atoms with Crippen molar-refractivity contribution >= 4 is 40.9 Å². The number of ether oxygens (including phenoxy) is 4. The molecule has 0 radical (unpaired) electrons. The van der Waals surface area contributed by atoms with Gasteiger partial charge in [-0.15, -0.1) is 0 Å². The molecule has 0 bridgehead atoms. The molecule has 0 saturated heterocycles. The number of hydrogen-bond acceptors (Lipinski definition) is 13. The summed E-state index contributed by atoms with van der Waals surface area (Å²) < 4.78 is 21.3. The highest BCUT2D eigenvalue weighted by Gasteiger charge is 2.23. The lowest BCUT2D eigenvalue weighted by molar-refractivity contribution is -0.167. The SMILES string of the molecule is CCCCCCCCC(=O)OCC(COC(=O)CCCCCCC)OC(=O)CCN(CCC(=O)OC(CO)CO)C(=O)SCCCN(C)C. The van der Waals surface area contributed by atoms with Gasteiger partial charge in [-0.25, -0.2) is 0 Å². The zero-order valence-electron chi connectivity index (χ0n) is 30.5. The molecule has 13 nitrogen and oxygen atoms in total. The van der Waals surface area contributed by atoms with Gasteiger partial charge in [-0.1, -0.05) is 83.4 Å². The van der Waals surface area contributed by atoms with Gasteiger partial charge in [0, 0.05) is 31.7 Å². The third-order valence-electron chi connectivity index (χ3n) is 7.49. The van der Waals surface area contributed by atoms with Gasteiger partial charge in [0.25, 0.3) is 5.24 Å². The second-order valence-corrected chi connectivity index (χ2v) is 13.4. The molecule has 0 aromatic carbocycles. The summed E-state index contributed by atoms with van der Waals surface area (Å²) in [5, 5.41) is 18.0. The lowest BCUT2D eigenvalue weighted by atomic mass is 10.1. The first-order valence-corrected chi connectivity index (χ1v) is 19.0. The largest absolute Gasteiger partial charge is 0.462 e. The minimum Gasteiger partial charge on any atom is -0.462 e. The molecule has 1 unspecified atom stereocenters. The van der Waals surface area contributed by atoms with Crippen molar-refractivity contribution in [3.05, 3.63) is 0 Å². The van der Waals surface area contributed by atoms with E-state index in [0.29, 0.717) is 18.6 Å². The molecule has 1 amide bonds. The van der Waals surface area contributed by atoms with E-state index in [0.717, 1.165) is 76.1 Å². The zero-order chi connectivity index (χ0) is 36.7. The minimum atomic E-state index is -1.06. The van der Waals surface area contributed by atoms with E-state index in [1.54, 1.807) is 0 Å². The number of thioether (sulfide) groups is 1. The van der Waals surface area contributed by atoms with Crippen molar-refractivity contribution in [3.63, 3.8) is 0 Å². The Balaban J connectivity index is 5.23. The summed E-state index contributed by atoms with van der Waals surface area (Å²) in [4.78, 5) is 66.2. The van der Waals surface area contributed by atoms with Gasteiger partial charge >= 0.3 is 23.9 Å². The molecule has 0 spiro atoms. The Hall–Kier alpha value is -2.42. The maximum atomic E-state index is 13.0. The molecular weight excluding hydrogens is 656 g/mol. The van der Waals surface area contributed by atoms with Crippen LogP contribution in [0.25, 0.3) is 0 Å². The van der Waals surface area contributed by atoms with Crippen LogP contribution in [-0.4, -0.2) is 127 Å². The number of esters is 4. The van der Waals surface area contributed by atoms with E-state index in [9.17, 15) is 34.2 Å². The average Bonchev–Trinajstić information content (AvgIpc) is 3.07. The summed E-state index contributed by atoms with van der Waals surface area (Å²) in [6, 6.07) is 0. The Labute approximate surface area is 298 Å². The van der Waals surface area contributed by atoms with Crippen molar-refractivity contribution in [1.29, 1.82) is 0 Å². The molecule has 286 valence electrons. The lowest BCUT2D eigenvalue weighted by Crippen LogP contribution is -2.35. The predicted octanol–water partition coefficient (Wildman–Crippen LogP) is 4.88. The number of nitrogens with zero attached hydrogens (tertiary/aromatic N) is 2. The second-order valence-electron chi connectivity index (χ2n) is 12.4. The molecule has 0 aromatic rings. The molecule has 0 fully saturated rings. The molecule has 0 aliphatic rings. The van der Waals surface area contributed by atoms with E-state index in [-0.39, 0.29) is 57.2 Å². The van der Waals surface area contributed by atoms with Crippen molar-refractivity contribution in [2.75, 3.05) is 65.9 Å². The Morgan fingerprint density at radius 1 is 0.571 bits per heavy atom. The summed E-state index contributed by atoms with van der Waals surface area (Å²) in [6.45, 7) is 3.32. The number of unbranched alkanes of at least 4 members (excludes halogenated alkanes) is 9. The van der Waals surface area contributed by atoms with Crippen LogP contribution in [-0.2, 0) is 38.1 Å². The lowest BCUT2D eigenvalue weighted by Gasteiger charge is -2.23. The Bertz CT molecular complexity index is 903. The van der Waals surface area contributed by atoms with Crippen LogP contribution < -0.4 is 0 Å². The van der Waals surface area contributed by atoms with Crippen molar-refractivity contribution in [2.45, 2.75) is 129 Å². The molecule has 0 saturated carbocycles. The molecule has 0 heterocycles. The fourth-order valence-corrected chi connectivity index (χ4v) is 5.37. The number of aliphatic hydroxyl groups is 2. The van der Waals surface area contributed by atoms with Crippen LogP contribution in [0.15, 0.2) is 0 Å². The summed E-state index contributed by atoms with van der Waals surface area (Å²) >= 11 is 1.07. The quantitative estimate of drug-likeness (QED) is 0.0565. The van der Waals surface area contributed by atoms with Gasteiger partial charge in [0.1, 0.15) is 19.3 Å². The summed E-state index contributed by atoms with van der Waals surface area (Å²) in [5.41, 5.74) is 0. The van der Waals surface area contributed by atoms with Crippen LogP contribution in [0, 0.1) is 0 Å². The molecule has 14 heteroatoms. The number of carbonyl (C=O) groups is 5. The topological polar surface area (TPSA) is 169 Å². The van der Waals surface area contributed by atoms with Crippen LogP contribution in [0.3, 0.4) is 0 Å². The first kappa shape index (κ1) is 46.6. The highest BCUT2D eigenvalue weighted by molar-refractivity contribution is 8.13. The van der Waals surface area contributed by atoms with E-state index in [2.05, 4.69) is 13.8 Å². The molecule has 49 heavy (non-hydrogen) atoms. The maximum Gasteiger partial charge on any atom is 0.308 e. The van der Waals surface area contributed by atoms with Crippen LogP contribution >= 0.6 is 11.8 Å². The third-order valence-corrected chi connectivity index (χ3v) is 8.49. The number of amides is 1. The highest BCUT2D eigenvalue weighted by atomic mass is 32.2. The number of rotatable bonds is 31. The van der Waals surface area contributed by atoms with Gasteiger partial charge in [-0.2, -0.15) is 0 Å². The molecule has 0 aliphatic heterocycles. The van der Waals surface area contributed by atoms with Gasteiger partial charge in [0.2, 0.25) is 0 Å².